The molecule has 0 spiro atoms. The predicted molar refractivity (Wildman–Crippen MR) is 140 cm³/mol. The third-order valence-corrected chi connectivity index (χ3v) is 6.70. The molecule has 1 aliphatic carbocycles. The van der Waals surface area contributed by atoms with Gasteiger partial charge in [0.15, 0.2) is 6.10 Å². The fraction of sp³-hybridized carbons (Fsp3) is 0.276. The van der Waals surface area contributed by atoms with E-state index in [2.05, 4.69) is 28.3 Å². The minimum Gasteiger partial charge on any atom is -0.479 e. The van der Waals surface area contributed by atoms with Gasteiger partial charge in [0, 0.05) is 22.9 Å². The second-order valence-corrected chi connectivity index (χ2v) is 9.10. The molecule has 36 heavy (non-hydrogen) atoms. The van der Waals surface area contributed by atoms with Crippen LogP contribution in [0.1, 0.15) is 45.1 Å². The van der Waals surface area contributed by atoms with Gasteiger partial charge in [0.25, 0.3) is 0 Å². The quantitative estimate of drug-likeness (QED) is 0.276. The van der Waals surface area contributed by atoms with E-state index in [4.69, 9.17) is 9.15 Å². The molecule has 0 fully saturated rings. The van der Waals surface area contributed by atoms with Gasteiger partial charge < -0.3 is 19.6 Å². The maximum absolute atomic E-state index is 11.2. The second-order valence-electron chi connectivity index (χ2n) is 9.10. The van der Waals surface area contributed by atoms with Crippen molar-refractivity contribution >= 4 is 34.1 Å². The number of carbonyl (C=O) groups is 1. The summed E-state index contributed by atoms with van der Waals surface area (Å²) in [7, 11) is 0. The number of hydrogen-bond acceptors (Lipinski definition) is 6. The Hall–Kier alpha value is -4.13. The molecule has 2 heterocycles. The normalized spacial score (nSPS) is 16.4. The first-order valence-corrected chi connectivity index (χ1v) is 12.3. The van der Waals surface area contributed by atoms with Crippen molar-refractivity contribution in [2.24, 2.45) is 5.92 Å². The van der Waals surface area contributed by atoms with E-state index in [1.165, 1.54) is 25.2 Å². The van der Waals surface area contributed by atoms with E-state index >= 15 is 0 Å². The van der Waals surface area contributed by atoms with Gasteiger partial charge in [-0.1, -0.05) is 55.8 Å². The van der Waals surface area contributed by atoms with Crippen LogP contribution in [-0.2, 0) is 4.79 Å². The number of carboxylic acid groups (broad SMARTS) is 1. The first kappa shape index (κ1) is 23.6. The average molecular weight is 484 g/mol. The monoisotopic (exact) mass is 483 g/mol. The summed E-state index contributed by atoms with van der Waals surface area (Å²) < 4.78 is 11.9. The minimum absolute atomic E-state index is 0.457. The zero-order valence-corrected chi connectivity index (χ0v) is 20.4. The Morgan fingerprint density at radius 1 is 1.19 bits per heavy atom. The van der Waals surface area contributed by atoms with E-state index in [0.29, 0.717) is 23.2 Å². The lowest BCUT2D eigenvalue weighted by Crippen LogP contribution is -2.22. The molecule has 1 aliphatic rings. The molecule has 2 atom stereocenters. The summed E-state index contributed by atoms with van der Waals surface area (Å²) in [5.74, 6) is 1.56. The number of furan rings is 1. The summed E-state index contributed by atoms with van der Waals surface area (Å²) in [5, 5.41) is 13.4. The first-order valence-electron chi connectivity index (χ1n) is 12.3. The highest BCUT2D eigenvalue weighted by Gasteiger charge is 2.25. The van der Waals surface area contributed by atoms with Crippen molar-refractivity contribution in [2.45, 2.75) is 45.6 Å². The summed E-state index contributed by atoms with van der Waals surface area (Å²) in [4.78, 5) is 20.2. The number of nitrogens with zero attached hydrogens (tertiary/aromatic N) is 2. The molecular weight excluding hydrogens is 454 g/mol. The number of anilines is 2. The highest BCUT2D eigenvalue weighted by molar-refractivity contribution is 6.03. The standard InChI is InChI=1S/C29H29N3O4/c1-3-19-12-14-20(15-13-19)24-25-27(32-22-10-7-11-23(16-22)35-18(2)29(33)34)30-17-31-28(25)36-26(24)21-8-5-4-6-9-21/h4-11,14,16-19H,3,12-13,15H2,1-2H3,(H,33,34)(H,30,31,32). The van der Waals surface area contributed by atoms with Crippen LogP contribution in [0, 0.1) is 5.92 Å². The molecule has 2 aromatic carbocycles. The van der Waals surface area contributed by atoms with Gasteiger partial charge in [0.1, 0.15) is 23.7 Å². The SMILES string of the molecule is CCC1CC=C(c2c(-c3ccccc3)oc3ncnc(Nc4cccc(OC(C)C(=O)O)c4)c23)CC1. The molecule has 0 saturated heterocycles. The molecule has 0 saturated carbocycles. The Labute approximate surface area is 209 Å². The molecule has 0 amide bonds. The van der Waals surface area contributed by atoms with Crippen LogP contribution in [0.5, 0.6) is 5.75 Å². The zero-order valence-electron chi connectivity index (χ0n) is 20.4. The van der Waals surface area contributed by atoms with Crippen LogP contribution in [0.2, 0.25) is 0 Å². The van der Waals surface area contributed by atoms with Gasteiger partial charge in [-0.15, -0.1) is 0 Å². The van der Waals surface area contributed by atoms with Gasteiger partial charge in [-0.05, 0) is 49.8 Å². The topological polar surface area (TPSA) is 97.5 Å². The zero-order chi connectivity index (χ0) is 25.1. The van der Waals surface area contributed by atoms with E-state index < -0.39 is 12.1 Å². The fourth-order valence-corrected chi connectivity index (χ4v) is 4.65. The highest BCUT2D eigenvalue weighted by atomic mass is 16.5. The average Bonchev–Trinajstić information content (AvgIpc) is 3.30. The Balaban J connectivity index is 1.59. The second kappa shape index (κ2) is 10.2. The number of allylic oxidation sites excluding steroid dienone is 2. The van der Waals surface area contributed by atoms with E-state index in [1.807, 2.05) is 42.5 Å². The summed E-state index contributed by atoms with van der Waals surface area (Å²) in [6.45, 7) is 3.75. The number of aliphatic carboxylic acids is 1. The van der Waals surface area contributed by atoms with Gasteiger partial charge in [0.2, 0.25) is 5.71 Å². The Morgan fingerprint density at radius 2 is 2.03 bits per heavy atom. The number of ether oxygens (including phenoxy) is 1. The molecule has 2 unspecified atom stereocenters. The van der Waals surface area contributed by atoms with Gasteiger partial charge >= 0.3 is 5.97 Å². The van der Waals surface area contributed by atoms with E-state index in [-0.39, 0.29) is 0 Å². The molecule has 0 radical (unpaired) electrons. The van der Waals surface area contributed by atoms with Crippen molar-refractivity contribution in [3.8, 4) is 17.1 Å². The van der Waals surface area contributed by atoms with Crippen molar-refractivity contribution in [2.75, 3.05) is 5.32 Å². The Kier molecular flexibility index (Phi) is 6.71. The summed E-state index contributed by atoms with van der Waals surface area (Å²) in [6, 6.07) is 17.3. The van der Waals surface area contributed by atoms with Crippen molar-refractivity contribution in [1.82, 2.24) is 9.97 Å². The molecule has 0 bridgehead atoms. The van der Waals surface area contributed by atoms with Gasteiger partial charge in [-0.2, -0.15) is 0 Å². The van der Waals surface area contributed by atoms with Gasteiger partial charge in [-0.25, -0.2) is 14.8 Å². The Bertz CT molecular complexity index is 1410. The fourth-order valence-electron chi connectivity index (χ4n) is 4.65. The summed E-state index contributed by atoms with van der Waals surface area (Å²) >= 11 is 0. The Morgan fingerprint density at radius 3 is 2.75 bits per heavy atom. The minimum atomic E-state index is -1.02. The lowest BCUT2D eigenvalue weighted by molar-refractivity contribution is -0.144. The summed E-state index contributed by atoms with van der Waals surface area (Å²) in [6.07, 6.45) is 7.21. The molecule has 0 aliphatic heterocycles. The number of nitrogens with one attached hydrogen (secondary N) is 1. The maximum atomic E-state index is 11.2. The molecule has 2 aromatic heterocycles. The molecule has 2 N–H and O–H groups in total. The predicted octanol–water partition coefficient (Wildman–Crippen LogP) is 7.08. The molecule has 7 nitrogen and oxygen atoms in total. The van der Waals surface area contributed by atoms with Crippen molar-refractivity contribution in [1.29, 1.82) is 0 Å². The first-order chi connectivity index (χ1) is 17.5. The van der Waals surface area contributed by atoms with Crippen LogP contribution in [0.4, 0.5) is 11.5 Å². The lowest BCUT2D eigenvalue weighted by Gasteiger charge is -2.21. The third kappa shape index (κ3) is 4.82. The molecule has 7 heteroatoms. The maximum Gasteiger partial charge on any atom is 0.344 e. The lowest BCUT2D eigenvalue weighted by atomic mass is 9.84. The van der Waals surface area contributed by atoms with Crippen LogP contribution in [0.15, 0.2) is 71.4 Å². The number of hydrogen-bond donors (Lipinski definition) is 2. The molecule has 4 aromatic rings. The van der Waals surface area contributed by atoms with Crippen molar-refractivity contribution in [3.63, 3.8) is 0 Å². The number of rotatable bonds is 8. The number of benzene rings is 2. The number of carboxylic acids is 1. The van der Waals surface area contributed by atoms with Crippen LogP contribution in [0.3, 0.4) is 0 Å². The molecule has 184 valence electrons. The van der Waals surface area contributed by atoms with Crippen molar-refractivity contribution in [3.05, 3.63) is 72.6 Å². The van der Waals surface area contributed by atoms with Crippen LogP contribution < -0.4 is 10.1 Å². The van der Waals surface area contributed by atoms with Gasteiger partial charge in [-0.3, -0.25) is 0 Å². The number of aromatic nitrogens is 2. The summed E-state index contributed by atoms with van der Waals surface area (Å²) in [5.41, 5.74) is 4.52. The van der Waals surface area contributed by atoms with E-state index in [1.54, 1.807) is 12.1 Å². The molecular formula is C29H29N3O4. The van der Waals surface area contributed by atoms with Crippen LogP contribution in [0.25, 0.3) is 28.0 Å². The molecule has 5 rings (SSSR count). The highest BCUT2D eigenvalue weighted by Crippen LogP contribution is 2.44. The van der Waals surface area contributed by atoms with Crippen LogP contribution >= 0.6 is 0 Å². The largest absolute Gasteiger partial charge is 0.479 e. The van der Waals surface area contributed by atoms with E-state index in [9.17, 15) is 9.90 Å². The smallest absolute Gasteiger partial charge is 0.344 e. The van der Waals surface area contributed by atoms with Gasteiger partial charge in [0.05, 0.1) is 5.39 Å². The van der Waals surface area contributed by atoms with Crippen LogP contribution in [-0.4, -0.2) is 27.1 Å². The third-order valence-electron chi connectivity index (χ3n) is 6.70. The van der Waals surface area contributed by atoms with Crippen molar-refractivity contribution < 1.29 is 19.1 Å². The van der Waals surface area contributed by atoms with E-state index in [0.717, 1.165) is 47.2 Å². The number of fused-ring (bicyclic) bond motifs is 1.